The number of methoxy groups -OCH3 is 2. The average molecular weight is 301 g/mol. The third-order valence-corrected chi connectivity index (χ3v) is 4.08. The first-order valence-electron chi connectivity index (χ1n) is 7.10. The molecule has 3 rings (SSSR count). The Kier molecular flexibility index (Phi) is 3.52. The molecular formula is C16H19N3O3. The van der Waals surface area contributed by atoms with E-state index in [1.807, 2.05) is 32.2 Å². The number of benzene rings is 1. The van der Waals surface area contributed by atoms with Gasteiger partial charge in [-0.1, -0.05) is 0 Å². The van der Waals surface area contributed by atoms with Crippen molar-refractivity contribution in [3.8, 4) is 11.5 Å². The molecule has 0 saturated heterocycles. The molecule has 1 aliphatic rings. The monoisotopic (exact) mass is 301 g/mol. The number of aryl methyl sites for hydroxylation is 2. The maximum Gasteiger partial charge on any atom is 0.226 e. The van der Waals surface area contributed by atoms with Crippen LogP contribution in [-0.4, -0.2) is 29.9 Å². The van der Waals surface area contributed by atoms with E-state index >= 15 is 0 Å². The van der Waals surface area contributed by atoms with Crippen molar-refractivity contribution in [1.29, 1.82) is 0 Å². The highest BCUT2D eigenvalue weighted by Gasteiger charge is 2.33. The first kappa shape index (κ1) is 14.4. The first-order chi connectivity index (χ1) is 10.5. The molecule has 0 aliphatic carbocycles. The Balaban J connectivity index is 2.19. The van der Waals surface area contributed by atoms with E-state index in [-0.39, 0.29) is 11.8 Å². The van der Waals surface area contributed by atoms with Crippen LogP contribution in [-0.2, 0) is 11.8 Å². The zero-order valence-electron chi connectivity index (χ0n) is 13.1. The summed E-state index contributed by atoms with van der Waals surface area (Å²) in [6.07, 6.45) is 0.364. The molecule has 1 N–H and O–H groups in total. The van der Waals surface area contributed by atoms with Crippen LogP contribution in [0.25, 0.3) is 0 Å². The molecule has 1 atom stereocenters. The molecule has 0 bridgehead atoms. The van der Waals surface area contributed by atoms with Gasteiger partial charge < -0.3 is 14.8 Å². The van der Waals surface area contributed by atoms with Gasteiger partial charge in [0.05, 0.1) is 19.9 Å². The normalized spacial score (nSPS) is 16.9. The molecule has 0 radical (unpaired) electrons. The molecule has 1 aromatic carbocycles. The number of aromatic nitrogens is 2. The van der Waals surface area contributed by atoms with Gasteiger partial charge in [-0.3, -0.25) is 9.48 Å². The van der Waals surface area contributed by atoms with Crippen molar-refractivity contribution in [3.05, 3.63) is 35.0 Å². The quantitative estimate of drug-likeness (QED) is 0.944. The van der Waals surface area contributed by atoms with Crippen LogP contribution in [0.3, 0.4) is 0 Å². The zero-order chi connectivity index (χ0) is 15.9. The molecule has 0 spiro atoms. The molecule has 0 fully saturated rings. The number of hydrogen-bond acceptors (Lipinski definition) is 4. The molecule has 116 valence electrons. The second-order valence-corrected chi connectivity index (χ2v) is 5.38. The fourth-order valence-electron chi connectivity index (χ4n) is 3.09. The summed E-state index contributed by atoms with van der Waals surface area (Å²) in [6.45, 7) is 1.95. The van der Waals surface area contributed by atoms with Crippen LogP contribution < -0.4 is 14.8 Å². The number of carbonyl (C=O) groups is 1. The molecule has 1 aromatic heterocycles. The Morgan fingerprint density at radius 2 is 2.09 bits per heavy atom. The third kappa shape index (κ3) is 2.20. The van der Waals surface area contributed by atoms with Crippen LogP contribution in [0.4, 0.5) is 5.82 Å². The van der Waals surface area contributed by atoms with E-state index < -0.39 is 0 Å². The van der Waals surface area contributed by atoms with E-state index in [1.54, 1.807) is 18.9 Å². The minimum atomic E-state index is -0.0949. The highest BCUT2D eigenvalue weighted by Crippen LogP contribution is 2.43. The van der Waals surface area contributed by atoms with Gasteiger partial charge in [0, 0.05) is 30.5 Å². The fourth-order valence-corrected chi connectivity index (χ4v) is 3.09. The molecular weight excluding hydrogens is 282 g/mol. The first-order valence-corrected chi connectivity index (χ1v) is 7.10. The zero-order valence-corrected chi connectivity index (χ0v) is 13.1. The van der Waals surface area contributed by atoms with Gasteiger partial charge in [-0.15, -0.1) is 0 Å². The van der Waals surface area contributed by atoms with E-state index in [2.05, 4.69) is 10.4 Å². The Bertz CT molecular complexity index is 736. The number of nitrogens with zero attached hydrogens (tertiary/aromatic N) is 2. The van der Waals surface area contributed by atoms with E-state index in [0.29, 0.717) is 6.42 Å². The highest BCUT2D eigenvalue weighted by molar-refractivity contribution is 5.94. The molecule has 1 aliphatic heterocycles. The average Bonchev–Trinajstić information content (AvgIpc) is 2.80. The summed E-state index contributed by atoms with van der Waals surface area (Å²) >= 11 is 0. The van der Waals surface area contributed by atoms with Crippen LogP contribution in [0.2, 0.25) is 0 Å². The van der Waals surface area contributed by atoms with Crippen molar-refractivity contribution in [2.24, 2.45) is 7.05 Å². The summed E-state index contributed by atoms with van der Waals surface area (Å²) < 4.78 is 12.5. The lowest BCUT2D eigenvalue weighted by Crippen LogP contribution is -2.25. The summed E-state index contributed by atoms with van der Waals surface area (Å²) in [4.78, 5) is 12.1. The van der Waals surface area contributed by atoms with Gasteiger partial charge in [0.2, 0.25) is 5.91 Å². The van der Waals surface area contributed by atoms with Gasteiger partial charge in [0.1, 0.15) is 17.3 Å². The van der Waals surface area contributed by atoms with E-state index in [4.69, 9.17) is 9.47 Å². The number of hydrogen-bond donors (Lipinski definition) is 1. The Morgan fingerprint density at radius 3 is 2.77 bits per heavy atom. The van der Waals surface area contributed by atoms with Crippen LogP contribution in [0, 0.1) is 6.92 Å². The minimum absolute atomic E-state index is 0.0228. The molecule has 22 heavy (non-hydrogen) atoms. The largest absolute Gasteiger partial charge is 0.497 e. The summed E-state index contributed by atoms with van der Waals surface area (Å²) in [7, 11) is 5.09. The number of amides is 1. The molecule has 0 saturated carbocycles. The number of carbonyl (C=O) groups excluding carboxylic acids is 1. The van der Waals surface area contributed by atoms with Crippen molar-refractivity contribution in [3.63, 3.8) is 0 Å². The summed E-state index contributed by atoms with van der Waals surface area (Å²) in [5.41, 5.74) is 2.88. The third-order valence-electron chi connectivity index (χ3n) is 4.08. The van der Waals surface area contributed by atoms with Gasteiger partial charge in [-0.25, -0.2) is 0 Å². The maximum atomic E-state index is 12.1. The second kappa shape index (κ2) is 5.36. The van der Waals surface area contributed by atoms with Crippen LogP contribution in [0.5, 0.6) is 11.5 Å². The number of anilines is 1. The number of nitrogens with one attached hydrogen (secondary N) is 1. The maximum absolute atomic E-state index is 12.1. The molecule has 2 aromatic rings. The number of fused-ring (bicyclic) bond motifs is 1. The summed E-state index contributed by atoms with van der Waals surface area (Å²) in [5.74, 6) is 2.12. The van der Waals surface area contributed by atoms with Crippen molar-refractivity contribution < 1.29 is 14.3 Å². The topological polar surface area (TPSA) is 65.4 Å². The van der Waals surface area contributed by atoms with Gasteiger partial charge in [-0.2, -0.15) is 5.10 Å². The van der Waals surface area contributed by atoms with Crippen LogP contribution in [0.15, 0.2) is 18.2 Å². The lowest BCUT2D eigenvalue weighted by Gasteiger charge is -2.25. The number of ether oxygens (including phenoxy) is 2. The smallest absolute Gasteiger partial charge is 0.226 e. The fraction of sp³-hybridized carbons (Fsp3) is 0.375. The van der Waals surface area contributed by atoms with Crippen LogP contribution in [0.1, 0.15) is 29.2 Å². The standard InChI is InChI=1S/C16H19N3O3/c1-9-15-12(8-14(20)17-16(15)19(2)18-9)11-7-10(21-3)5-6-13(11)22-4/h5-7,12H,8H2,1-4H3,(H,17,20)/t12-/m0/s1. The van der Waals surface area contributed by atoms with E-state index in [9.17, 15) is 4.79 Å². The molecule has 2 heterocycles. The summed E-state index contributed by atoms with van der Waals surface area (Å²) in [6, 6.07) is 5.65. The molecule has 6 nitrogen and oxygen atoms in total. The van der Waals surface area contributed by atoms with E-state index in [1.165, 1.54) is 0 Å². The lowest BCUT2D eigenvalue weighted by atomic mass is 9.85. The van der Waals surface area contributed by atoms with Gasteiger partial charge >= 0.3 is 0 Å². The molecule has 1 amide bonds. The summed E-state index contributed by atoms with van der Waals surface area (Å²) in [5, 5.41) is 7.34. The van der Waals surface area contributed by atoms with Crippen molar-refractivity contribution >= 4 is 11.7 Å². The van der Waals surface area contributed by atoms with Gasteiger partial charge in [0.15, 0.2) is 0 Å². The predicted octanol–water partition coefficient (Wildman–Crippen LogP) is 2.22. The molecule has 0 unspecified atom stereocenters. The SMILES string of the molecule is COc1ccc(OC)c([C@@H]2CC(=O)Nc3c2c(C)nn3C)c1. The second-order valence-electron chi connectivity index (χ2n) is 5.38. The predicted molar refractivity (Wildman–Crippen MR) is 82.6 cm³/mol. The van der Waals surface area contributed by atoms with Crippen LogP contribution >= 0.6 is 0 Å². The highest BCUT2D eigenvalue weighted by atomic mass is 16.5. The van der Waals surface area contributed by atoms with Crippen molar-refractivity contribution in [2.75, 3.05) is 19.5 Å². The van der Waals surface area contributed by atoms with Crippen molar-refractivity contribution in [1.82, 2.24) is 9.78 Å². The molecule has 6 heteroatoms. The Labute approximate surface area is 129 Å². The number of rotatable bonds is 3. The minimum Gasteiger partial charge on any atom is -0.497 e. The van der Waals surface area contributed by atoms with Crippen molar-refractivity contribution in [2.45, 2.75) is 19.3 Å². The van der Waals surface area contributed by atoms with Gasteiger partial charge in [0.25, 0.3) is 0 Å². The Hall–Kier alpha value is -2.50. The van der Waals surface area contributed by atoms with Gasteiger partial charge in [-0.05, 0) is 25.1 Å². The lowest BCUT2D eigenvalue weighted by molar-refractivity contribution is -0.116. The Morgan fingerprint density at radius 1 is 1.32 bits per heavy atom. The van der Waals surface area contributed by atoms with E-state index in [0.717, 1.165) is 34.1 Å².